The van der Waals surface area contributed by atoms with Crippen molar-refractivity contribution in [1.82, 2.24) is 20.2 Å². The topological polar surface area (TPSA) is 104 Å². The van der Waals surface area contributed by atoms with Gasteiger partial charge in [-0.2, -0.15) is 0 Å². The quantitative estimate of drug-likeness (QED) is 0.631. The number of amides is 1. The predicted molar refractivity (Wildman–Crippen MR) is 122 cm³/mol. The number of anilines is 1. The maximum Gasteiger partial charge on any atom is 0.261 e. The fourth-order valence-corrected chi connectivity index (χ4v) is 6.93. The molecule has 0 aliphatic carbocycles. The monoisotopic (exact) mass is 453 g/mol. The highest BCUT2D eigenvalue weighted by molar-refractivity contribution is 7.91. The molecule has 1 fully saturated rings. The Morgan fingerprint density at radius 1 is 1.33 bits per heavy atom. The number of rotatable bonds is 8. The molecule has 10 heteroatoms. The van der Waals surface area contributed by atoms with Crippen LogP contribution in [0.3, 0.4) is 0 Å². The number of carbonyl (C=O) groups excluding carboxylic acids is 1. The molecular formula is C20H31N5O3S2. The van der Waals surface area contributed by atoms with Gasteiger partial charge >= 0.3 is 0 Å². The average molecular weight is 454 g/mol. The van der Waals surface area contributed by atoms with Gasteiger partial charge in [0.15, 0.2) is 9.84 Å². The van der Waals surface area contributed by atoms with Crippen LogP contribution in [0.1, 0.15) is 35.5 Å². The summed E-state index contributed by atoms with van der Waals surface area (Å²) >= 11 is 1.36. The summed E-state index contributed by atoms with van der Waals surface area (Å²) in [4.78, 5) is 25.1. The van der Waals surface area contributed by atoms with E-state index >= 15 is 0 Å². The number of aromatic nitrogens is 2. The van der Waals surface area contributed by atoms with E-state index in [9.17, 15) is 13.2 Å². The summed E-state index contributed by atoms with van der Waals surface area (Å²) in [5.74, 6) is 1.11. The van der Waals surface area contributed by atoms with Crippen molar-refractivity contribution >= 4 is 43.1 Å². The van der Waals surface area contributed by atoms with Gasteiger partial charge < -0.3 is 15.5 Å². The number of nitrogens with zero attached hydrogens (tertiary/aromatic N) is 3. The normalized spacial score (nSPS) is 18.8. The second-order valence-corrected chi connectivity index (χ2v) is 12.4. The second-order valence-electron chi connectivity index (χ2n) is 9.19. The molecule has 0 unspecified atom stereocenters. The Labute approximate surface area is 182 Å². The number of nitrogens with one attached hydrogen (secondary N) is 2. The fraction of sp³-hybridized carbons (Fsp3) is 0.650. The molecule has 0 radical (unpaired) electrons. The van der Waals surface area contributed by atoms with E-state index < -0.39 is 9.84 Å². The molecule has 0 bridgehead atoms. The Morgan fingerprint density at radius 2 is 2.07 bits per heavy atom. The van der Waals surface area contributed by atoms with Crippen molar-refractivity contribution in [1.29, 1.82) is 0 Å². The molecular weight excluding hydrogens is 422 g/mol. The highest BCUT2D eigenvalue weighted by Gasteiger charge is 2.28. The third kappa shape index (κ3) is 5.47. The van der Waals surface area contributed by atoms with Crippen LogP contribution in [-0.2, 0) is 9.84 Å². The first-order valence-electron chi connectivity index (χ1n) is 10.1. The van der Waals surface area contributed by atoms with Crippen LogP contribution in [0.15, 0.2) is 6.33 Å². The second kappa shape index (κ2) is 8.76. The van der Waals surface area contributed by atoms with E-state index in [0.717, 1.165) is 22.3 Å². The van der Waals surface area contributed by atoms with Crippen molar-refractivity contribution in [2.75, 3.05) is 50.6 Å². The fourth-order valence-electron chi connectivity index (χ4n) is 4.01. The van der Waals surface area contributed by atoms with Gasteiger partial charge in [-0.1, -0.05) is 13.8 Å². The average Bonchev–Trinajstić information content (AvgIpc) is 3.16. The van der Waals surface area contributed by atoms with Crippen LogP contribution in [0.2, 0.25) is 0 Å². The molecule has 166 valence electrons. The number of aryl methyl sites for hydroxylation is 1. The van der Waals surface area contributed by atoms with Crippen LogP contribution >= 0.6 is 11.3 Å². The highest BCUT2D eigenvalue weighted by atomic mass is 32.2. The summed E-state index contributed by atoms with van der Waals surface area (Å²) in [6.45, 7) is 8.15. The van der Waals surface area contributed by atoms with E-state index in [2.05, 4.69) is 39.3 Å². The smallest absolute Gasteiger partial charge is 0.261 e. The molecule has 1 saturated heterocycles. The van der Waals surface area contributed by atoms with Crippen LogP contribution in [0.5, 0.6) is 0 Å². The minimum atomic E-state index is -2.91. The number of sulfone groups is 1. The van der Waals surface area contributed by atoms with Gasteiger partial charge in [0.05, 0.1) is 21.8 Å². The number of fused-ring (bicyclic) bond motifs is 1. The maximum absolute atomic E-state index is 12.9. The van der Waals surface area contributed by atoms with Gasteiger partial charge in [-0.15, -0.1) is 11.3 Å². The first-order valence-corrected chi connectivity index (χ1v) is 12.7. The molecule has 1 aliphatic heterocycles. The Hall–Kier alpha value is -1.78. The molecule has 0 spiro atoms. The summed E-state index contributed by atoms with van der Waals surface area (Å²) in [5.41, 5.74) is 0.804. The maximum atomic E-state index is 12.9. The zero-order chi connectivity index (χ0) is 22.1. The molecule has 30 heavy (non-hydrogen) atoms. The largest absolute Gasteiger partial charge is 0.369 e. The molecule has 8 nitrogen and oxygen atoms in total. The minimum absolute atomic E-state index is 0.0438. The first-order chi connectivity index (χ1) is 14.0. The molecule has 2 aromatic heterocycles. The van der Waals surface area contributed by atoms with Crippen LogP contribution in [0.4, 0.5) is 5.82 Å². The molecule has 2 aromatic rings. The van der Waals surface area contributed by atoms with Crippen molar-refractivity contribution in [3.8, 4) is 0 Å². The van der Waals surface area contributed by atoms with Gasteiger partial charge in [0.1, 0.15) is 17.0 Å². The molecule has 1 amide bonds. The lowest BCUT2D eigenvalue weighted by atomic mass is 9.93. The molecule has 3 rings (SSSR count). The van der Waals surface area contributed by atoms with Crippen LogP contribution < -0.4 is 10.6 Å². The van der Waals surface area contributed by atoms with Crippen molar-refractivity contribution in [2.45, 2.75) is 27.2 Å². The molecule has 1 aliphatic rings. The minimum Gasteiger partial charge on any atom is -0.369 e. The number of thiophene rings is 1. The zero-order valence-corrected chi connectivity index (χ0v) is 19.9. The molecule has 0 saturated carbocycles. The Bertz CT molecular complexity index is 1030. The predicted octanol–water partition coefficient (Wildman–Crippen LogP) is 2.16. The number of hydrogen-bond donors (Lipinski definition) is 2. The van der Waals surface area contributed by atoms with E-state index in [1.165, 1.54) is 17.7 Å². The van der Waals surface area contributed by atoms with E-state index in [1.54, 1.807) is 0 Å². The molecule has 2 N–H and O–H groups in total. The van der Waals surface area contributed by atoms with Gasteiger partial charge in [0, 0.05) is 19.6 Å². The zero-order valence-electron chi connectivity index (χ0n) is 18.3. The van der Waals surface area contributed by atoms with E-state index in [4.69, 9.17) is 0 Å². The molecule has 1 atom stereocenters. The van der Waals surface area contributed by atoms with Crippen molar-refractivity contribution in [3.05, 3.63) is 16.8 Å². The van der Waals surface area contributed by atoms with Gasteiger partial charge in [0.25, 0.3) is 5.91 Å². The van der Waals surface area contributed by atoms with E-state index in [-0.39, 0.29) is 28.7 Å². The summed E-state index contributed by atoms with van der Waals surface area (Å²) in [5, 5.41) is 7.19. The Morgan fingerprint density at radius 3 is 2.70 bits per heavy atom. The lowest BCUT2D eigenvalue weighted by Crippen LogP contribution is -2.39. The van der Waals surface area contributed by atoms with Crippen LogP contribution in [0, 0.1) is 18.3 Å². The van der Waals surface area contributed by atoms with Crippen LogP contribution in [-0.4, -0.2) is 74.4 Å². The van der Waals surface area contributed by atoms with Gasteiger partial charge in [-0.05, 0) is 44.3 Å². The molecule has 0 aromatic carbocycles. The van der Waals surface area contributed by atoms with Crippen molar-refractivity contribution in [2.24, 2.45) is 11.3 Å². The van der Waals surface area contributed by atoms with Crippen molar-refractivity contribution < 1.29 is 13.2 Å². The highest BCUT2D eigenvalue weighted by Crippen LogP contribution is 2.33. The molecule has 3 heterocycles. The Kier molecular flexibility index (Phi) is 6.69. The SMILES string of the molecule is Cc1c(C(=O)NCC(C)(C)CN(C)C)sc2ncnc(NC[C@@H]3CCS(=O)(=O)C3)c12. The summed E-state index contributed by atoms with van der Waals surface area (Å²) in [6.07, 6.45) is 2.15. The third-order valence-electron chi connectivity index (χ3n) is 5.29. The van der Waals surface area contributed by atoms with Crippen molar-refractivity contribution in [3.63, 3.8) is 0 Å². The summed E-state index contributed by atoms with van der Waals surface area (Å²) in [7, 11) is 1.13. The summed E-state index contributed by atoms with van der Waals surface area (Å²) < 4.78 is 23.4. The summed E-state index contributed by atoms with van der Waals surface area (Å²) in [6, 6.07) is 0. The van der Waals surface area contributed by atoms with Gasteiger partial charge in [-0.25, -0.2) is 18.4 Å². The number of hydrogen-bond acceptors (Lipinski definition) is 8. The van der Waals surface area contributed by atoms with E-state index in [1.807, 2.05) is 21.0 Å². The van der Waals surface area contributed by atoms with Gasteiger partial charge in [0.2, 0.25) is 0 Å². The first kappa shape index (κ1) is 22.9. The van der Waals surface area contributed by atoms with Crippen LogP contribution in [0.25, 0.3) is 10.2 Å². The van der Waals surface area contributed by atoms with Gasteiger partial charge in [-0.3, -0.25) is 4.79 Å². The lowest BCUT2D eigenvalue weighted by molar-refractivity contribution is 0.0933. The standard InChI is InChI=1S/C20H31N5O3S2/c1-13-15-17(21-8-14-6-7-30(27,28)9-14)23-12-24-19(15)29-16(13)18(26)22-10-20(2,3)11-25(4)5/h12,14H,6-11H2,1-5H3,(H,22,26)(H,21,23,24)/t14-/m0/s1. The van der Waals surface area contributed by atoms with E-state index in [0.29, 0.717) is 30.2 Å². The third-order valence-corrected chi connectivity index (χ3v) is 8.33. The Balaban J connectivity index is 1.74. The number of carbonyl (C=O) groups is 1. The lowest BCUT2D eigenvalue weighted by Gasteiger charge is -2.28.